The molecule has 0 atom stereocenters. The summed E-state index contributed by atoms with van der Waals surface area (Å²) in [5, 5.41) is 16.1. The molecule has 0 amide bonds. The molecule has 0 spiro atoms. The molecule has 0 radical (unpaired) electrons. The minimum absolute atomic E-state index is 0.0488. The number of nitrogens with zero attached hydrogens (tertiary/aromatic N) is 2. The number of aliphatic hydroxyl groups is 1. The molecule has 1 aromatic carbocycles. The third-order valence-corrected chi connectivity index (χ3v) is 2.76. The zero-order valence-corrected chi connectivity index (χ0v) is 10.8. The monoisotopic (exact) mass is 262 g/mol. The van der Waals surface area contributed by atoms with Gasteiger partial charge in [-0.05, 0) is 17.7 Å². The van der Waals surface area contributed by atoms with Crippen LogP contribution in [0.3, 0.4) is 0 Å². The largest absolute Gasteiger partial charge is 0.497 e. The number of hydrogen-bond acceptors (Lipinski definition) is 5. The van der Waals surface area contributed by atoms with Crippen LogP contribution in [0.1, 0.15) is 5.56 Å². The van der Waals surface area contributed by atoms with Crippen molar-refractivity contribution in [2.75, 3.05) is 31.3 Å². The van der Waals surface area contributed by atoms with Crippen molar-refractivity contribution < 1.29 is 9.84 Å². The lowest BCUT2D eigenvalue weighted by Crippen LogP contribution is -2.13. The van der Waals surface area contributed by atoms with Crippen molar-refractivity contribution in [3.05, 3.63) is 36.0 Å². The molecule has 0 aliphatic heterocycles. The molecule has 0 aliphatic carbocycles. The van der Waals surface area contributed by atoms with Gasteiger partial charge in [-0.2, -0.15) is 5.10 Å². The second kappa shape index (κ2) is 6.10. The van der Waals surface area contributed by atoms with E-state index in [1.807, 2.05) is 24.3 Å². The summed E-state index contributed by atoms with van der Waals surface area (Å²) in [5.74, 6) is 1.55. The first-order valence-corrected chi connectivity index (χ1v) is 6.03. The standard InChI is InChI=1S/C13H18N4O2/c1-19-11-4-2-10(3-5-11)9-17-13(15-6-7-18)12(14)8-16-17/h2-5,8,15,18H,6-7,9,14H2,1H3. The van der Waals surface area contributed by atoms with Gasteiger partial charge in [0.1, 0.15) is 11.6 Å². The first kappa shape index (κ1) is 13.2. The van der Waals surface area contributed by atoms with Crippen LogP contribution in [0.5, 0.6) is 5.75 Å². The average Bonchev–Trinajstić information content (AvgIpc) is 2.78. The number of ether oxygens (including phenoxy) is 1. The van der Waals surface area contributed by atoms with Crippen molar-refractivity contribution in [2.24, 2.45) is 0 Å². The van der Waals surface area contributed by atoms with Crippen LogP contribution < -0.4 is 15.8 Å². The van der Waals surface area contributed by atoms with Crippen molar-refractivity contribution in [3.63, 3.8) is 0 Å². The van der Waals surface area contributed by atoms with Crippen LogP contribution in [0, 0.1) is 0 Å². The maximum Gasteiger partial charge on any atom is 0.148 e. The second-order valence-corrected chi connectivity index (χ2v) is 4.10. The number of nitrogen functional groups attached to an aromatic ring is 1. The highest BCUT2D eigenvalue weighted by Gasteiger charge is 2.08. The van der Waals surface area contributed by atoms with E-state index < -0.39 is 0 Å². The molecule has 19 heavy (non-hydrogen) atoms. The van der Waals surface area contributed by atoms with Gasteiger partial charge in [0.15, 0.2) is 0 Å². The number of nitrogens with two attached hydrogens (primary N) is 1. The molecule has 2 rings (SSSR count). The number of aromatic nitrogens is 2. The van der Waals surface area contributed by atoms with E-state index in [-0.39, 0.29) is 6.61 Å². The van der Waals surface area contributed by atoms with Gasteiger partial charge >= 0.3 is 0 Å². The van der Waals surface area contributed by atoms with Gasteiger partial charge in [-0.3, -0.25) is 0 Å². The maximum atomic E-state index is 8.85. The number of rotatable bonds is 6. The summed E-state index contributed by atoms with van der Waals surface area (Å²) < 4.78 is 6.89. The molecule has 2 aromatic rings. The quantitative estimate of drug-likeness (QED) is 0.721. The lowest BCUT2D eigenvalue weighted by Gasteiger charge is -2.10. The summed E-state index contributed by atoms with van der Waals surface area (Å²) in [7, 11) is 1.64. The van der Waals surface area contributed by atoms with E-state index in [1.54, 1.807) is 18.0 Å². The highest BCUT2D eigenvalue weighted by atomic mass is 16.5. The van der Waals surface area contributed by atoms with Crippen LogP contribution in [0.4, 0.5) is 11.5 Å². The highest BCUT2D eigenvalue weighted by molar-refractivity contribution is 5.60. The third kappa shape index (κ3) is 3.17. The van der Waals surface area contributed by atoms with Crippen LogP contribution in [0.2, 0.25) is 0 Å². The minimum atomic E-state index is 0.0488. The lowest BCUT2D eigenvalue weighted by molar-refractivity contribution is 0.310. The highest BCUT2D eigenvalue weighted by Crippen LogP contribution is 2.19. The molecule has 6 heteroatoms. The molecule has 0 saturated heterocycles. The summed E-state index contributed by atoms with van der Waals surface area (Å²) >= 11 is 0. The Morgan fingerprint density at radius 1 is 1.37 bits per heavy atom. The number of aliphatic hydroxyl groups excluding tert-OH is 1. The number of hydrogen-bond donors (Lipinski definition) is 3. The summed E-state index contributed by atoms with van der Waals surface area (Å²) in [6, 6.07) is 7.77. The van der Waals surface area contributed by atoms with Crippen LogP contribution in [-0.2, 0) is 6.54 Å². The molecule has 1 heterocycles. The van der Waals surface area contributed by atoms with Gasteiger partial charge in [0, 0.05) is 6.54 Å². The van der Waals surface area contributed by atoms with E-state index in [4.69, 9.17) is 15.6 Å². The van der Waals surface area contributed by atoms with Gasteiger partial charge in [-0.25, -0.2) is 4.68 Å². The normalized spacial score (nSPS) is 10.4. The Morgan fingerprint density at radius 3 is 2.74 bits per heavy atom. The molecular weight excluding hydrogens is 244 g/mol. The van der Waals surface area contributed by atoms with Crippen LogP contribution >= 0.6 is 0 Å². The fraction of sp³-hybridized carbons (Fsp3) is 0.308. The van der Waals surface area contributed by atoms with Crippen LogP contribution in [-0.4, -0.2) is 35.1 Å². The zero-order valence-electron chi connectivity index (χ0n) is 10.8. The van der Waals surface area contributed by atoms with Gasteiger partial charge in [0.05, 0.1) is 32.1 Å². The van der Waals surface area contributed by atoms with Crippen molar-refractivity contribution in [1.29, 1.82) is 0 Å². The van der Waals surface area contributed by atoms with E-state index >= 15 is 0 Å². The smallest absolute Gasteiger partial charge is 0.148 e. The fourth-order valence-electron chi connectivity index (χ4n) is 1.79. The summed E-state index contributed by atoms with van der Waals surface area (Å²) in [5.41, 5.74) is 7.50. The number of benzene rings is 1. The van der Waals surface area contributed by atoms with Crippen molar-refractivity contribution >= 4 is 11.5 Å². The van der Waals surface area contributed by atoms with E-state index in [2.05, 4.69) is 10.4 Å². The molecule has 0 aliphatic rings. The predicted octanol–water partition coefficient (Wildman–Crippen LogP) is 0.926. The Labute approximate surface area is 111 Å². The van der Waals surface area contributed by atoms with E-state index in [9.17, 15) is 0 Å². The Morgan fingerprint density at radius 2 is 2.11 bits per heavy atom. The topological polar surface area (TPSA) is 85.3 Å². The van der Waals surface area contributed by atoms with E-state index in [0.29, 0.717) is 18.8 Å². The third-order valence-electron chi connectivity index (χ3n) is 2.76. The van der Waals surface area contributed by atoms with Gasteiger partial charge in [0.25, 0.3) is 0 Å². The molecule has 0 saturated carbocycles. The Kier molecular flexibility index (Phi) is 4.25. The molecule has 0 unspecified atom stereocenters. The summed E-state index contributed by atoms with van der Waals surface area (Å²) in [6.45, 7) is 1.10. The van der Waals surface area contributed by atoms with Crippen LogP contribution in [0.25, 0.3) is 0 Å². The minimum Gasteiger partial charge on any atom is -0.497 e. The molecule has 1 aromatic heterocycles. The average molecular weight is 262 g/mol. The summed E-state index contributed by atoms with van der Waals surface area (Å²) in [6.07, 6.45) is 1.60. The zero-order chi connectivity index (χ0) is 13.7. The number of methoxy groups -OCH3 is 1. The molecule has 6 nitrogen and oxygen atoms in total. The Balaban J connectivity index is 2.13. The first-order valence-electron chi connectivity index (χ1n) is 6.03. The second-order valence-electron chi connectivity index (χ2n) is 4.10. The van der Waals surface area contributed by atoms with Gasteiger partial charge in [-0.15, -0.1) is 0 Å². The van der Waals surface area contributed by atoms with Crippen molar-refractivity contribution in [2.45, 2.75) is 6.54 Å². The number of anilines is 2. The molecule has 102 valence electrons. The van der Waals surface area contributed by atoms with Crippen LogP contribution in [0.15, 0.2) is 30.5 Å². The molecule has 4 N–H and O–H groups in total. The fourth-order valence-corrected chi connectivity index (χ4v) is 1.79. The lowest BCUT2D eigenvalue weighted by atomic mass is 10.2. The summed E-state index contributed by atoms with van der Waals surface area (Å²) in [4.78, 5) is 0. The van der Waals surface area contributed by atoms with Gasteiger partial charge in [0.2, 0.25) is 0 Å². The molecule has 0 fully saturated rings. The number of nitrogens with one attached hydrogen (secondary N) is 1. The van der Waals surface area contributed by atoms with Crippen molar-refractivity contribution in [1.82, 2.24) is 9.78 Å². The Bertz CT molecular complexity index is 522. The van der Waals surface area contributed by atoms with E-state index in [1.165, 1.54) is 0 Å². The van der Waals surface area contributed by atoms with E-state index in [0.717, 1.165) is 17.1 Å². The first-order chi connectivity index (χ1) is 9.24. The predicted molar refractivity (Wildman–Crippen MR) is 74.3 cm³/mol. The molecule has 0 bridgehead atoms. The maximum absolute atomic E-state index is 8.85. The molecular formula is C13H18N4O2. The Hall–Kier alpha value is -2.21. The van der Waals surface area contributed by atoms with Gasteiger partial charge in [-0.1, -0.05) is 12.1 Å². The van der Waals surface area contributed by atoms with Crippen molar-refractivity contribution in [3.8, 4) is 5.75 Å². The SMILES string of the molecule is COc1ccc(Cn2ncc(N)c2NCCO)cc1. The van der Waals surface area contributed by atoms with Gasteiger partial charge < -0.3 is 20.9 Å².